The lowest BCUT2D eigenvalue weighted by atomic mass is 9.87. The lowest BCUT2D eigenvalue weighted by molar-refractivity contribution is -0.0597. The van der Waals surface area contributed by atoms with Gasteiger partial charge in [-0.1, -0.05) is 0 Å². The molecule has 1 fully saturated rings. The van der Waals surface area contributed by atoms with E-state index in [2.05, 4.69) is 31.1 Å². The third kappa shape index (κ3) is 2.15. The number of aryl methyl sites for hydroxylation is 1. The average Bonchev–Trinajstić information content (AvgIpc) is 2.50. The molecule has 0 N–H and O–H groups in total. The summed E-state index contributed by atoms with van der Waals surface area (Å²) in [5.74, 6) is 0.601. The van der Waals surface area contributed by atoms with Crippen LogP contribution in [0.5, 0.6) is 0 Å². The maximum atomic E-state index is 5.70. The van der Waals surface area contributed by atoms with Crippen LogP contribution >= 0.6 is 11.3 Å². The van der Waals surface area contributed by atoms with Crippen molar-refractivity contribution in [3.05, 3.63) is 16.1 Å². The van der Waals surface area contributed by atoms with Gasteiger partial charge < -0.3 is 4.74 Å². The molecule has 1 aliphatic rings. The summed E-state index contributed by atoms with van der Waals surface area (Å²) in [4.78, 5) is 4.56. The topological polar surface area (TPSA) is 22.1 Å². The first-order valence-corrected chi connectivity index (χ1v) is 6.01. The van der Waals surface area contributed by atoms with Crippen molar-refractivity contribution in [3.8, 4) is 0 Å². The lowest BCUT2D eigenvalue weighted by Crippen LogP contribution is -2.33. The molecule has 3 heteroatoms. The Morgan fingerprint density at radius 1 is 1.57 bits per heavy atom. The zero-order chi connectivity index (χ0) is 10.2. The number of aromatic nitrogens is 1. The van der Waals surface area contributed by atoms with Gasteiger partial charge in [0.1, 0.15) is 0 Å². The average molecular weight is 211 g/mol. The summed E-state index contributed by atoms with van der Waals surface area (Å²) in [5.41, 5.74) is 1.30. The fourth-order valence-electron chi connectivity index (χ4n) is 2.05. The van der Waals surface area contributed by atoms with Crippen LogP contribution in [-0.4, -0.2) is 17.2 Å². The number of nitrogens with zero attached hydrogens (tertiary/aromatic N) is 1. The fourth-order valence-corrected chi connectivity index (χ4v) is 2.75. The van der Waals surface area contributed by atoms with Crippen LogP contribution in [0.3, 0.4) is 0 Å². The standard InChI is InChI=1S/C11H17NOS/c1-8-12-10(7-14-8)9-4-5-13-11(2,3)6-9/h7,9H,4-6H2,1-3H3/t9-/m1/s1. The van der Waals surface area contributed by atoms with E-state index in [4.69, 9.17) is 4.74 Å². The van der Waals surface area contributed by atoms with Gasteiger partial charge in [-0.3, -0.25) is 0 Å². The highest BCUT2D eigenvalue weighted by molar-refractivity contribution is 7.09. The third-order valence-corrected chi connectivity index (χ3v) is 3.54. The van der Waals surface area contributed by atoms with E-state index in [1.54, 1.807) is 11.3 Å². The molecule has 1 aliphatic heterocycles. The Labute approximate surface area is 89.3 Å². The maximum absolute atomic E-state index is 5.70. The van der Waals surface area contributed by atoms with Gasteiger partial charge >= 0.3 is 0 Å². The smallest absolute Gasteiger partial charge is 0.0897 e. The Morgan fingerprint density at radius 3 is 2.93 bits per heavy atom. The van der Waals surface area contributed by atoms with Crippen LogP contribution in [0.2, 0.25) is 0 Å². The monoisotopic (exact) mass is 211 g/mol. The summed E-state index contributed by atoms with van der Waals surface area (Å²) < 4.78 is 5.70. The minimum absolute atomic E-state index is 0.0282. The zero-order valence-corrected chi connectivity index (χ0v) is 9.86. The molecule has 2 heterocycles. The van der Waals surface area contributed by atoms with Crippen molar-refractivity contribution in [1.29, 1.82) is 0 Å². The van der Waals surface area contributed by atoms with Gasteiger partial charge in [-0.05, 0) is 33.6 Å². The molecule has 0 bridgehead atoms. The van der Waals surface area contributed by atoms with Gasteiger partial charge in [0.25, 0.3) is 0 Å². The summed E-state index contributed by atoms with van der Waals surface area (Å²) in [6, 6.07) is 0. The SMILES string of the molecule is Cc1nc([C@@H]2CCOC(C)(C)C2)cs1. The Balaban J connectivity index is 2.12. The van der Waals surface area contributed by atoms with E-state index < -0.39 is 0 Å². The van der Waals surface area contributed by atoms with Gasteiger partial charge in [-0.25, -0.2) is 4.98 Å². The molecule has 1 atom stereocenters. The molecule has 0 aromatic carbocycles. The predicted octanol–water partition coefficient (Wildman–Crippen LogP) is 3.12. The zero-order valence-electron chi connectivity index (χ0n) is 9.04. The van der Waals surface area contributed by atoms with Gasteiger partial charge in [0.2, 0.25) is 0 Å². The van der Waals surface area contributed by atoms with Crippen LogP contribution in [0, 0.1) is 6.92 Å². The van der Waals surface area contributed by atoms with E-state index in [1.165, 1.54) is 10.7 Å². The summed E-state index contributed by atoms with van der Waals surface area (Å²) in [7, 11) is 0. The number of thiazole rings is 1. The van der Waals surface area contributed by atoms with Crippen LogP contribution in [-0.2, 0) is 4.74 Å². The molecule has 2 rings (SSSR count). The minimum atomic E-state index is 0.0282. The number of rotatable bonds is 1. The van der Waals surface area contributed by atoms with Crippen LogP contribution in [0.4, 0.5) is 0 Å². The van der Waals surface area contributed by atoms with Crippen LogP contribution in [0.25, 0.3) is 0 Å². The van der Waals surface area contributed by atoms with Crippen molar-refractivity contribution >= 4 is 11.3 Å². The number of hydrogen-bond acceptors (Lipinski definition) is 3. The van der Waals surface area contributed by atoms with E-state index in [-0.39, 0.29) is 5.60 Å². The molecule has 1 aromatic rings. The Hall–Kier alpha value is -0.410. The lowest BCUT2D eigenvalue weighted by Gasteiger charge is -2.34. The summed E-state index contributed by atoms with van der Waals surface area (Å²) in [6.45, 7) is 7.27. The molecule has 0 unspecified atom stereocenters. The van der Waals surface area contributed by atoms with Gasteiger partial charge in [-0.15, -0.1) is 11.3 Å². The molecule has 0 aliphatic carbocycles. The second kappa shape index (κ2) is 3.63. The van der Waals surface area contributed by atoms with E-state index in [0.29, 0.717) is 5.92 Å². The summed E-state index contributed by atoms with van der Waals surface area (Å²) in [6.07, 6.45) is 2.21. The maximum Gasteiger partial charge on any atom is 0.0897 e. The first kappa shape index (κ1) is 10.1. The predicted molar refractivity (Wildman–Crippen MR) is 58.9 cm³/mol. The first-order valence-electron chi connectivity index (χ1n) is 5.13. The van der Waals surface area contributed by atoms with Gasteiger partial charge in [0, 0.05) is 17.9 Å². The van der Waals surface area contributed by atoms with Crippen molar-refractivity contribution < 1.29 is 4.74 Å². The van der Waals surface area contributed by atoms with Crippen LogP contribution < -0.4 is 0 Å². The van der Waals surface area contributed by atoms with Gasteiger partial charge in [0.15, 0.2) is 0 Å². The van der Waals surface area contributed by atoms with Crippen molar-refractivity contribution in [1.82, 2.24) is 4.98 Å². The minimum Gasteiger partial charge on any atom is -0.376 e. The number of hydrogen-bond donors (Lipinski definition) is 0. The van der Waals surface area contributed by atoms with E-state index in [9.17, 15) is 0 Å². The second-order valence-electron chi connectivity index (χ2n) is 4.59. The van der Waals surface area contributed by atoms with E-state index >= 15 is 0 Å². The van der Waals surface area contributed by atoms with E-state index in [1.807, 2.05) is 0 Å². The molecular formula is C11H17NOS. The molecule has 0 amide bonds. The Bertz CT molecular complexity index is 319. The molecule has 0 saturated carbocycles. The molecule has 2 nitrogen and oxygen atoms in total. The van der Waals surface area contributed by atoms with Crippen LogP contribution in [0.15, 0.2) is 5.38 Å². The molecule has 1 aromatic heterocycles. The van der Waals surface area contributed by atoms with Gasteiger partial charge in [-0.2, -0.15) is 0 Å². The quantitative estimate of drug-likeness (QED) is 0.712. The highest BCUT2D eigenvalue weighted by Crippen LogP contribution is 2.35. The van der Waals surface area contributed by atoms with Gasteiger partial charge in [0.05, 0.1) is 16.3 Å². The Kier molecular flexibility index (Phi) is 2.62. The molecular weight excluding hydrogens is 194 g/mol. The largest absolute Gasteiger partial charge is 0.376 e. The first-order chi connectivity index (χ1) is 6.57. The van der Waals surface area contributed by atoms with Crippen molar-refractivity contribution in [2.45, 2.75) is 45.1 Å². The summed E-state index contributed by atoms with van der Waals surface area (Å²) >= 11 is 1.75. The second-order valence-corrected chi connectivity index (χ2v) is 5.65. The summed E-state index contributed by atoms with van der Waals surface area (Å²) in [5, 5.41) is 3.37. The van der Waals surface area contributed by atoms with Crippen molar-refractivity contribution in [2.75, 3.05) is 6.61 Å². The fraction of sp³-hybridized carbons (Fsp3) is 0.727. The van der Waals surface area contributed by atoms with Crippen molar-refractivity contribution in [3.63, 3.8) is 0 Å². The van der Waals surface area contributed by atoms with E-state index in [0.717, 1.165) is 19.4 Å². The van der Waals surface area contributed by atoms with Crippen LogP contribution in [0.1, 0.15) is 43.3 Å². The van der Waals surface area contributed by atoms with Crippen molar-refractivity contribution in [2.24, 2.45) is 0 Å². The molecule has 0 spiro atoms. The molecule has 78 valence electrons. The third-order valence-electron chi connectivity index (χ3n) is 2.75. The molecule has 14 heavy (non-hydrogen) atoms. The Morgan fingerprint density at radius 2 is 2.36 bits per heavy atom. The molecule has 1 saturated heterocycles. The normalized spacial score (nSPS) is 26.4. The molecule has 0 radical (unpaired) electrons. The highest BCUT2D eigenvalue weighted by Gasteiger charge is 2.30. The number of ether oxygens (including phenoxy) is 1. The highest BCUT2D eigenvalue weighted by atomic mass is 32.1.